The highest BCUT2D eigenvalue weighted by Crippen LogP contribution is 2.33. The monoisotopic (exact) mass is 375 g/mol. The lowest BCUT2D eigenvalue weighted by Gasteiger charge is -2.16. The Kier molecular flexibility index (Phi) is 6.23. The maximum atomic E-state index is 6.02. The molecule has 1 aromatic heterocycles. The van der Waals surface area contributed by atoms with E-state index in [-0.39, 0.29) is 0 Å². The van der Waals surface area contributed by atoms with Gasteiger partial charge in [0.25, 0.3) is 0 Å². The van der Waals surface area contributed by atoms with Crippen LogP contribution in [-0.2, 0) is 0 Å². The zero-order valence-corrected chi connectivity index (χ0v) is 14.5. The van der Waals surface area contributed by atoms with E-state index in [1.54, 1.807) is 11.3 Å². The van der Waals surface area contributed by atoms with Crippen molar-refractivity contribution in [1.82, 2.24) is 5.32 Å². The minimum atomic E-state index is 0.347. The third-order valence-corrected chi connectivity index (χ3v) is 6.10. The van der Waals surface area contributed by atoms with E-state index < -0.39 is 0 Å². The Bertz CT molecular complexity index is 530. The van der Waals surface area contributed by atoms with Crippen LogP contribution >= 0.6 is 50.6 Å². The first kappa shape index (κ1) is 15.4. The van der Waals surface area contributed by atoms with E-state index in [9.17, 15) is 0 Å². The average molecular weight is 377 g/mol. The zero-order valence-electron chi connectivity index (χ0n) is 10.5. The molecule has 0 spiro atoms. The van der Waals surface area contributed by atoms with Crippen molar-refractivity contribution >= 4 is 50.6 Å². The van der Waals surface area contributed by atoms with E-state index in [1.807, 2.05) is 23.9 Å². The topological polar surface area (TPSA) is 12.0 Å². The highest BCUT2D eigenvalue weighted by Gasteiger charge is 2.13. The molecule has 19 heavy (non-hydrogen) atoms. The molecule has 1 heterocycles. The van der Waals surface area contributed by atoms with Crippen LogP contribution in [0.1, 0.15) is 17.8 Å². The molecule has 0 amide bonds. The van der Waals surface area contributed by atoms with E-state index >= 15 is 0 Å². The predicted octanol–water partition coefficient (Wildman–Crippen LogP) is 5.61. The second kappa shape index (κ2) is 7.70. The molecule has 1 aromatic carbocycles. The number of halogens is 2. The molecule has 1 atom stereocenters. The Labute approximate surface area is 135 Å². The summed E-state index contributed by atoms with van der Waals surface area (Å²) in [4.78, 5) is 2.57. The molecule has 0 saturated heterocycles. The summed E-state index contributed by atoms with van der Waals surface area (Å²) in [6, 6.07) is 12.7. The third-order valence-electron chi connectivity index (χ3n) is 2.63. The van der Waals surface area contributed by atoms with Gasteiger partial charge in [0.1, 0.15) is 0 Å². The van der Waals surface area contributed by atoms with Gasteiger partial charge in [0.05, 0.1) is 10.4 Å². The second-order valence-corrected chi connectivity index (χ2v) is 7.66. The van der Waals surface area contributed by atoms with Crippen LogP contribution in [0, 0.1) is 0 Å². The number of hydrogen-bond acceptors (Lipinski definition) is 3. The van der Waals surface area contributed by atoms with Crippen LogP contribution in [0.25, 0.3) is 0 Å². The van der Waals surface area contributed by atoms with Crippen molar-refractivity contribution in [2.75, 3.05) is 12.3 Å². The van der Waals surface area contributed by atoms with Crippen LogP contribution in [0.15, 0.2) is 45.8 Å². The number of thioether (sulfide) groups is 1. The molecule has 2 rings (SSSR count). The molecule has 0 saturated carbocycles. The summed E-state index contributed by atoms with van der Waals surface area (Å²) in [5.41, 5.74) is 0. The van der Waals surface area contributed by atoms with Crippen LogP contribution in [-0.4, -0.2) is 12.3 Å². The minimum absolute atomic E-state index is 0.347. The van der Waals surface area contributed by atoms with Gasteiger partial charge in [-0.05, 0) is 46.7 Å². The Morgan fingerprint density at radius 1 is 1.32 bits per heavy atom. The van der Waals surface area contributed by atoms with Crippen LogP contribution in [0.2, 0.25) is 4.34 Å². The Morgan fingerprint density at radius 3 is 2.74 bits per heavy atom. The van der Waals surface area contributed by atoms with Gasteiger partial charge in [-0.15, -0.1) is 23.1 Å². The van der Waals surface area contributed by atoms with E-state index in [2.05, 4.69) is 52.4 Å². The normalized spacial score (nSPS) is 12.6. The lowest BCUT2D eigenvalue weighted by atomic mass is 10.3. The smallest absolute Gasteiger partial charge is 0.0931 e. The van der Waals surface area contributed by atoms with E-state index in [4.69, 9.17) is 11.6 Å². The maximum Gasteiger partial charge on any atom is 0.0931 e. The van der Waals surface area contributed by atoms with Gasteiger partial charge >= 0.3 is 0 Å². The van der Waals surface area contributed by atoms with Gasteiger partial charge in [-0.2, -0.15) is 0 Å². The molecule has 2 aromatic rings. The van der Waals surface area contributed by atoms with Crippen molar-refractivity contribution in [2.24, 2.45) is 0 Å². The molecular weight excluding hydrogens is 362 g/mol. The number of rotatable bonds is 6. The Morgan fingerprint density at radius 2 is 2.11 bits per heavy atom. The van der Waals surface area contributed by atoms with Crippen molar-refractivity contribution in [2.45, 2.75) is 17.9 Å². The largest absolute Gasteiger partial charge is 0.309 e. The fourth-order valence-electron chi connectivity index (χ4n) is 1.74. The molecule has 1 nitrogen and oxygen atoms in total. The zero-order chi connectivity index (χ0) is 13.7. The molecule has 0 aliphatic rings. The minimum Gasteiger partial charge on any atom is -0.309 e. The average Bonchev–Trinajstić information content (AvgIpc) is 2.83. The van der Waals surface area contributed by atoms with Gasteiger partial charge < -0.3 is 5.32 Å². The number of hydrogen-bond donors (Lipinski definition) is 1. The molecule has 0 aliphatic heterocycles. The van der Waals surface area contributed by atoms with E-state index in [1.165, 1.54) is 9.77 Å². The predicted molar refractivity (Wildman–Crippen MR) is 90.6 cm³/mol. The van der Waals surface area contributed by atoms with Crippen molar-refractivity contribution in [1.29, 1.82) is 0 Å². The van der Waals surface area contributed by atoms with Gasteiger partial charge in [0.15, 0.2) is 0 Å². The summed E-state index contributed by atoms with van der Waals surface area (Å²) in [6.07, 6.45) is 0. The molecule has 1 N–H and O–H groups in total. The van der Waals surface area contributed by atoms with Gasteiger partial charge in [0.2, 0.25) is 0 Å². The SMILES string of the molecule is CCNC(CSc1ccccc1Br)c1ccc(Cl)s1. The third kappa shape index (κ3) is 4.50. The van der Waals surface area contributed by atoms with Crippen molar-refractivity contribution in [3.8, 4) is 0 Å². The summed E-state index contributed by atoms with van der Waals surface area (Å²) < 4.78 is 2.00. The Balaban J connectivity index is 2.03. The number of benzene rings is 1. The lowest BCUT2D eigenvalue weighted by molar-refractivity contribution is 0.615. The molecule has 1 unspecified atom stereocenters. The highest BCUT2D eigenvalue weighted by molar-refractivity contribution is 9.10. The standard InChI is InChI=1S/C14H15BrClNS2/c1-2-17-11(13-7-8-14(16)19-13)9-18-12-6-4-3-5-10(12)15/h3-8,11,17H,2,9H2,1H3. The first-order valence-corrected chi connectivity index (χ1v) is 9.04. The molecule has 0 bridgehead atoms. The van der Waals surface area contributed by atoms with Crippen LogP contribution < -0.4 is 5.32 Å². The van der Waals surface area contributed by atoms with Crippen LogP contribution in [0.4, 0.5) is 0 Å². The van der Waals surface area contributed by atoms with Gasteiger partial charge in [-0.3, -0.25) is 0 Å². The quantitative estimate of drug-likeness (QED) is 0.658. The highest BCUT2D eigenvalue weighted by atomic mass is 79.9. The molecule has 0 aliphatic carbocycles. The Hall–Kier alpha value is -0.0000000000000000278. The lowest BCUT2D eigenvalue weighted by Crippen LogP contribution is -2.21. The van der Waals surface area contributed by atoms with Gasteiger partial charge in [-0.1, -0.05) is 30.7 Å². The molecule has 5 heteroatoms. The molecule has 102 valence electrons. The van der Waals surface area contributed by atoms with Crippen molar-refractivity contribution in [3.63, 3.8) is 0 Å². The summed E-state index contributed by atoms with van der Waals surface area (Å²) in [6.45, 7) is 3.09. The molecular formula is C14H15BrClNS2. The van der Waals surface area contributed by atoms with Crippen LogP contribution in [0.3, 0.4) is 0 Å². The van der Waals surface area contributed by atoms with E-state index in [0.717, 1.165) is 21.1 Å². The maximum absolute atomic E-state index is 6.02. The number of thiophene rings is 1. The van der Waals surface area contributed by atoms with Crippen molar-refractivity contribution in [3.05, 3.63) is 50.1 Å². The second-order valence-electron chi connectivity index (χ2n) is 3.99. The van der Waals surface area contributed by atoms with E-state index in [0.29, 0.717) is 6.04 Å². The summed E-state index contributed by atoms with van der Waals surface area (Å²) in [5, 5.41) is 3.52. The summed E-state index contributed by atoms with van der Waals surface area (Å²) in [7, 11) is 0. The number of nitrogens with one attached hydrogen (secondary N) is 1. The fourth-order valence-corrected chi connectivity index (χ4v) is 4.63. The first-order valence-electron chi connectivity index (χ1n) is 6.06. The summed E-state index contributed by atoms with van der Waals surface area (Å²) >= 11 is 13.1. The fraction of sp³-hybridized carbons (Fsp3) is 0.286. The molecule has 0 radical (unpaired) electrons. The van der Waals surface area contributed by atoms with Crippen molar-refractivity contribution < 1.29 is 0 Å². The summed E-state index contributed by atoms with van der Waals surface area (Å²) in [5.74, 6) is 0.993. The van der Waals surface area contributed by atoms with Gasteiger partial charge in [0, 0.05) is 20.0 Å². The van der Waals surface area contributed by atoms with Gasteiger partial charge in [-0.25, -0.2) is 0 Å². The molecule has 0 fully saturated rings. The van der Waals surface area contributed by atoms with Crippen LogP contribution in [0.5, 0.6) is 0 Å². The first-order chi connectivity index (χ1) is 9.20.